The van der Waals surface area contributed by atoms with Crippen molar-refractivity contribution in [3.63, 3.8) is 0 Å². The van der Waals surface area contributed by atoms with Gasteiger partial charge < -0.3 is 9.88 Å². The number of amides is 1. The summed E-state index contributed by atoms with van der Waals surface area (Å²) in [6.45, 7) is 7.52. The molecule has 0 saturated heterocycles. The van der Waals surface area contributed by atoms with E-state index in [1.807, 2.05) is 18.4 Å². The number of terminal acetylenes is 1. The van der Waals surface area contributed by atoms with Crippen LogP contribution in [0.3, 0.4) is 0 Å². The van der Waals surface area contributed by atoms with E-state index in [4.69, 9.17) is 18.0 Å². The second-order valence-electron chi connectivity index (χ2n) is 4.77. The molecule has 0 saturated carbocycles. The Morgan fingerprint density at radius 2 is 2.18 bits per heavy atom. The van der Waals surface area contributed by atoms with Gasteiger partial charge in [0.25, 0.3) is 5.91 Å². The van der Waals surface area contributed by atoms with Gasteiger partial charge in [-0.05, 0) is 33.8 Å². The molecule has 92 valence electrons. The van der Waals surface area contributed by atoms with Crippen LogP contribution in [0.2, 0.25) is 5.02 Å². The standard InChI is InChI=1S/C13H17ClN2O/c1-6-13(4,5)15-12(17)11-7-10(14)8-16(11)9(2)3/h1,7-9H,2-5H3,(H,15,17). The summed E-state index contributed by atoms with van der Waals surface area (Å²) >= 11 is 5.92. The van der Waals surface area contributed by atoms with Gasteiger partial charge in [0.15, 0.2) is 0 Å². The van der Waals surface area contributed by atoms with E-state index >= 15 is 0 Å². The minimum absolute atomic E-state index is 0.164. The Balaban J connectivity index is 3.02. The lowest BCUT2D eigenvalue weighted by molar-refractivity contribution is 0.0919. The van der Waals surface area contributed by atoms with Crippen molar-refractivity contribution in [2.75, 3.05) is 0 Å². The fourth-order valence-corrected chi connectivity index (χ4v) is 1.65. The van der Waals surface area contributed by atoms with Gasteiger partial charge in [-0.25, -0.2) is 0 Å². The quantitative estimate of drug-likeness (QED) is 0.825. The monoisotopic (exact) mass is 252 g/mol. The lowest BCUT2D eigenvalue weighted by Crippen LogP contribution is -2.42. The summed E-state index contributed by atoms with van der Waals surface area (Å²) in [7, 11) is 0. The van der Waals surface area contributed by atoms with Crippen LogP contribution in [-0.4, -0.2) is 16.0 Å². The van der Waals surface area contributed by atoms with Gasteiger partial charge >= 0.3 is 0 Å². The van der Waals surface area contributed by atoms with Crippen molar-refractivity contribution in [3.05, 3.63) is 23.0 Å². The number of rotatable bonds is 3. The molecular formula is C13H17ClN2O. The first-order chi connectivity index (χ1) is 7.76. The maximum Gasteiger partial charge on any atom is 0.269 e. The van der Waals surface area contributed by atoms with Gasteiger partial charge in [-0.1, -0.05) is 17.5 Å². The van der Waals surface area contributed by atoms with Gasteiger partial charge in [-0.2, -0.15) is 0 Å². The zero-order valence-electron chi connectivity index (χ0n) is 10.5. The molecule has 1 aromatic rings. The highest BCUT2D eigenvalue weighted by molar-refractivity contribution is 6.31. The minimum atomic E-state index is -0.671. The predicted octanol–water partition coefficient (Wildman–Crippen LogP) is 2.86. The zero-order valence-corrected chi connectivity index (χ0v) is 11.3. The predicted molar refractivity (Wildman–Crippen MR) is 70.2 cm³/mol. The number of hydrogen-bond donors (Lipinski definition) is 1. The SMILES string of the molecule is C#CC(C)(C)NC(=O)c1cc(Cl)cn1C(C)C. The molecule has 17 heavy (non-hydrogen) atoms. The summed E-state index contributed by atoms with van der Waals surface area (Å²) in [6, 6.07) is 1.81. The maximum absolute atomic E-state index is 12.1. The van der Waals surface area contributed by atoms with Gasteiger partial charge in [0.05, 0.1) is 10.6 Å². The highest BCUT2D eigenvalue weighted by atomic mass is 35.5. The van der Waals surface area contributed by atoms with Gasteiger partial charge in [0.2, 0.25) is 0 Å². The number of carbonyl (C=O) groups is 1. The van der Waals surface area contributed by atoms with Crippen LogP contribution in [0.15, 0.2) is 12.3 Å². The van der Waals surface area contributed by atoms with Crippen molar-refractivity contribution in [2.45, 2.75) is 39.3 Å². The number of hydrogen-bond acceptors (Lipinski definition) is 1. The number of halogens is 1. The molecule has 0 aliphatic heterocycles. The van der Waals surface area contributed by atoms with E-state index in [0.29, 0.717) is 10.7 Å². The van der Waals surface area contributed by atoms with Crippen molar-refractivity contribution >= 4 is 17.5 Å². The molecule has 4 heteroatoms. The molecular weight excluding hydrogens is 236 g/mol. The Labute approximate surface area is 107 Å². The fraction of sp³-hybridized carbons (Fsp3) is 0.462. The van der Waals surface area contributed by atoms with E-state index in [1.165, 1.54) is 0 Å². The van der Waals surface area contributed by atoms with Crippen LogP contribution in [-0.2, 0) is 0 Å². The van der Waals surface area contributed by atoms with E-state index < -0.39 is 5.54 Å². The molecule has 0 bridgehead atoms. The molecule has 0 unspecified atom stereocenters. The zero-order chi connectivity index (χ0) is 13.2. The lowest BCUT2D eigenvalue weighted by Gasteiger charge is -2.21. The second kappa shape index (κ2) is 4.85. The van der Waals surface area contributed by atoms with Gasteiger partial charge in [-0.15, -0.1) is 6.42 Å². The molecule has 3 nitrogen and oxygen atoms in total. The van der Waals surface area contributed by atoms with E-state index in [-0.39, 0.29) is 11.9 Å². The number of nitrogens with zero attached hydrogens (tertiary/aromatic N) is 1. The number of nitrogens with one attached hydrogen (secondary N) is 1. The summed E-state index contributed by atoms with van der Waals surface area (Å²) in [5.41, 5.74) is -0.149. The Morgan fingerprint density at radius 3 is 2.65 bits per heavy atom. The van der Waals surface area contributed by atoms with E-state index in [9.17, 15) is 4.79 Å². The van der Waals surface area contributed by atoms with Crippen molar-refractivity contribution in [2.24, 2.45) is 0 Å². The molecule has 0 aliphatic rings. The first kappa shape index (κ1) is 13.7. The maximum atomic E-state index is 12.1. The van der Waals surface area contributed by atoms with Gasteiger partial charge in [0.1, 0.15) is 5.69 Å². The largest absolute Gasteiger partial charge is 0.339 e. The third-order valence-corrected chi connectivity index (χ3v) is 2.60. The third kappa shape index (κ3) is 3.28. The molecule has 1 N–H and O–H groups in total. The van der Waals surface area contributed by atoms with Crippen molar-refractivity contribution in [1.82, 2.24) is 9.88 Å². The van der Waals surface area contributed by atoms with Crippen molar-refractivity contribution < 1.29 is 4.79 Å². The molecule has 1 amide bonds. The molecule has 0 spiro atoms. The molecule has 1 aromatic heterocycles. The van der Waals surface area contributed by atoms with Crippen molar-refractivity contribution in [3.8, 4) is 12.3 Å². The fourth-order valence-electron chi connectivity index (χ4n) is 1.44. The summed E-state index contributed by atoms with van der Waals surface area (Å²) in [4.78, 5) is 12.1. The summed E-state index contributed by atoms with van der Waals surface area (Å²) in [6.07, 6.45) is 7.08. The Kier molecular flexibility index (Phi) is 3.90. The average Bonchev–Trinajstić information content (AvgIpc) is 2.60. The van der Waals surface area contributed by atoms with E-state index in [2.05, 4.69) is 11.2 Å². The Hall–Kier alpha value is -1.40. The lowest BCUT2D eigenvalue weighted by atomic mass is 10.1. The molecule has 0 radical (unpaired) electrons. The molecule has 0 fully saturated rings. The van der Waals surface area contributed by atoms with Crippen LogP contribution in [0.4, 0.5) is 0 Å². The van der Waals surface area contributed by atoms with Crippen molar-refractivity contribution in [1.29, 1.82) is 0 Å². The normalized spacial score (nSPS) is 11.4. The van der Waals surface area contributed by atoms with Gasteiger partial charge in [-0.3, -0.25) is 4.79 Å². The smallest absolute Gasteiger partial charge is 0.269 e. The van der Waals surface area contributed by atoms with E-state index in [1.54, 1.807) is 26.1 Å². The van der Waals surface area contributed by atoms with Crippen LogP contribution in [0.1, 0.15) is 44.2 Å². The molecule has 0 aromatic carbocycles. The van der Waals surface area contributed by atoms with Crippen LogP contribution in [0.25, 0.3) is 0 Å². The molecule has 0 aliphatic carbocycles. The minimum Gasteiger partial charge on any atom is -0.339 e. The molecule has 0 atom stereocenters. The van der Waals surface area contributed by atoms with Crippen LogP contribution in [0.5, 0.6) is 0 Å². The van der Waals surface area contributed by atoms with Crippen LogP contribution >= 0.6 is 11.6 Å². The number of carbonyl (C=O) groups excluding carboxylic acids is 1. The first-order valence-corrected chi connectivity index (χ1v) is 5.82. The summed E-state index contributed by atoms with van der Waals surface area (Å²) in [5.74, 6) is 2.31. The van der Waals surface area contributed by atoms with Crippen LogP contribution in [0, 0.1) is 12.3 Å². The summed E-state index contributed by atoms with van der Waals surface area (Å²) in [5, 5.41) is 3.32. The molecule has 1 heterocycles. The summed E-state index contributed by atoms with van der Waals surface area (Å²) < 4.78 is 1.82. The first-order valence-electron chi connectivity index (χ1n) is 5.44. The Bertz CT molecular complexity index is 466. The highest BCUT2D eigenvalue weighted by Crippen LogP contribution is 2.19. The highest BCUT2D eigenvalue weighted by Gasteiger charge is 2.21. The average molecular weight is 253 g/mol. The second-order valence-corrected chi connectivity index (χ2v) is 5.20. The third-order valence-electron chi connectivity index (χ3n) is 2.39. The van der Waals surface area contributed by atoms with E-state index in [0.717, 1.165) is 0 Å². The Morgan fingerprint density at radius 1 is 1.59 bits per heavy atom. The molecule has 1 rings (SSSR count). The van der Waals surface area contributed by atoms with Gasteiger partial charge in [0, 0.05) is 12.2 Å². The topological polar surface area (TPSA) is 34.0 Å². The number of aromatic nitrogens is 1. The van der Waals surface area contributed by atoms with Crippen LogP contribution < -0.4 is 5.32 Å².